The molecule has 0 aliphatic carbocycles. The summed E-state index contributed by atoms with van der Waals surface area (Å²) in [6.45, 7) is 0.535. The predicted octanol–water partition coefficient (Wildman–Crippen LogP) is 3.57. The number of rotatable bonds is 5. The van der Waals surface area contributed by atoms with Crippen LogP contribution in [0.2, 0.25) is 0 Å². The number of benzene rings is 2. The van der Waals surface area contributed by atoms with Crippen molar-refractivity contribution >= 4 is 26.8 Å². The highest BCUT2D eigenvalue weighted by Gasteiger charge is 2.23. The Morgan fingerprint density at radius 2 is 1.86 bits per heavy atom. The average molecular weight is 359 g/mol. The molecule has 3 aromatic rings. The van der Waals surface area contributed by atoms with Gasteiger partial charge in [0.1, 0.15) is 0 Å². The number of likely N-dealkylation sites (N-methyl/N-ethyl adjacent to an activating group) is 1. The first kappa shape index (κ1) is 15.3. The van der Waals surface area contributed by atoms with Crippen molar-refractivity contribution in [2.45, 2.75) is 12.1 Å². The van der Waals surface area contributed by atoms with Crippen molar-refractivity contribution in [1.82, 2.24) is 9.88 Å². The maximum absolute atomic E-state index is 10.7. The normalized spacial score (nSPS) is 14.1. The van der Waals surface area contributed by atoms with Gasteiger partial charge in [0.2, 0.25) is 0 Å². The fourth-order valence-electron chi connectivity index (χ4n) is 2.93. The third-order valence-electron chi connectivity index (χ3n) is 3.93. The fraction of sp³-hybridized carbons (Fsp3) is 0.222. The Bertz CT molecular complexity index is 754. The summed E-state index contributed by atoms with van der Waals surface area (Å²) in [6.07, 6.45) is 1.54. The monoisotopic (exact) mass is 358 g/mol. The number of nitrogens with zero attached hydrogens (tertiary/aromatic N) is 1. The lowest BCUT2D eigenvalue weighted by Gasteiger charge is -2.26. The highest BCUT2D eigenvalue weighted by atomic mass is 79.9. The van der Waals surface area contributed by atoms with Gasteiger partial charge in [-0.05, 0) is 30.8 Å². The molecule has 114 valence electrons. The van der Waals surface area contributed by atoms with Crippen molar-refractivity contribution in [1.29, 1.82) is 0 Å². The Morgan fingerprint density at radius 3 is 2.59 bits per heavy atom. The van der Waals surface area contributed by atoms with Crippen LogP contribution in [0.5, 0.6) is 0 Å². The molecular formula is C18H19BrN2O. The molecule has 3 nitrogen and oxygen atoms in total. The van der Waals surface area contributed by atoms with Crippen LogP contribution in [0.15, 0.2) is 65.3 Å². The molecule has 0 spiro atoms. The van der Waals surface area contributed by atoms with Gasteiger partial charge >= 0.3 is 0 Å². The largest absolute Gasteiger partial charge is 0.389 e. The minimum absolute atomic E-state index is 0.125. The van der Waals surface area contributed by atoms with Crippen LogP contribution in [0, 0.1) is 0 Å². The van der Waals surface area contributed by atoms with Crippen LogP contribution >= 0.6 is 15.9 Å². The second-order valence-corrected chi connectivity index (χ2v) is 6.23. The molecule has 2 atom stereocenters. The molecule has 0 bridgehead atoms. The quantitative estimate of drug-likeness (QED) is 0.731. The zero-order valence-electron chi connectivity index (χ0n) is 12.4. The van der Waals surface area contributed by atoms with E-state index < -0.39 is 6.10 Å². The molecule has 0 saturated carbocycles. The van der Waals surface area contributed by atoms with Crippen molar-refractivity contribution in [3.8, 4) is 0 Å². The number of aliphatic hydroxyl groups is 1. The first-order valence-corrected chi connectivity index (χ1v) is 8.14. The molecule has 1 heterocycles. The number of hydrogen-bond donors (Lipinski definition) is 2. The van der Waals surface area contributed by atoms with Gasteiger partial charge in [-0.25, -0.2) is 0 Å². The third-order valence-corrected chi connectivity index (χ3v) is 4.62. The lowest BCUT2D eigenvalue weighted by atomic mass is 10.0. The highest BCUT2D eigenvalue weighted by molar-refractivity contribution is 9.10. The smallest absolute Gasteiger partial charge is 0.0912 e. The third kappa shape index (κ3) is 2.82. The summed E-state index contributed by atoms with van der Waals surface area (Å²) in [5.74, 6) is 0. The second-order valence-electron chi connectivity index (χ2n) is 5.38. The molecule has 22 heavy (non-hydrogen) atoms. The van der Waals surface area contributed by atoms with Gasteiger partial charge in [0.15, 0.2) is 0 Å². The number of aromatic nitrogens is 1. The first-order chi connectivity index (χ1) is 10.7. The number of fused-ring (bicyclic) bond motifs is 1. The fourth-order valence-corrected chi connectivity index (χ4v) is 3.42. The zero-order chi connectivity index (χ0) is 15.5. The second kappa shape index (κ2) is 6.65. The Hall–Kier alpha value is -1.62. The number of nitrogens with one attached hydrogen (secondary N) is 1. The topological polar surface area (TPSA) is 37.2 Å². The van der Waals surface area contributed by atoms with Crippen LogP contribution in [0.4, 0.5) is 0 Å². The van der Waals surface area contributed by atoms with Gasteiger partial charge in [0.25, 0.3) is 0 Å². The lowest BCUT2D eigenvalue weighted by Crippen LogP contribution is -2.33. The average Bonchev–Trinajstić information content (AvgIpc) is 2.94. The van der Waals surface area contributed by atoms with Crippen molar-refractivity contribution < 1.29 is 5.11 Å². The van der Waals surface area contributed by atoms with E-state index in [9.17, 15) is 5.11 Å². The Kier molecular flexibility index (Phi) is 4.62. The van der Waals surface area contributed by atoms with Gasteiger partial charge in [-0.15, -0.1) is 0 Å². The van der Waals surface area contributed by atoms with E-state index in [1.165, 1.54) is 0 Å². The number of halogens is 1. The van der Waals surface area contributed by atoms with Crippen LogP contribution in [0.25, 0.3) is 10.9 Å². The summed E-state index contributed by atoms with van der Waals surface area (Å²) in [6, 6.07) is 18.2. The molecule has 0 aliphatic heterocycles. The van der Waals surface area contributed by atoms with Crippen molar-refractivity contribution in [3.05, 3.63) is 70.8 Å². The molecule has 4 heteroatoms. The summed E-state index contributed by atoms with van der Waals surface area (Å²) >= 11 is 3.60. The first-order valence-electron chi connectivity index (χ1n) is 7.35. The van der Waals surface area contributed by atoms with E-state index >= 15 is 0 Å². The van der Waals surface area contributed by atoms with E-state index in [0.717, 1.165) is 20.9 Å². The molecule has 0 fully saturated rings. The van der Waals surface area contributed by atoms with Crippen LogP contribution in [0.1, 0.15) is 11.6 Å². The maximum Gasteiger partial charge on any atom is 0.0912 e. The summed E-state index contributed by atoms with van der Waals surface area (Å²) in [7, 11) is 1.86. The van der Waals surface area contributed by atoms with Gasteiger partial charge in [-0.2, -0.15) is 0 Å². The van der Waals surface area contributed by atoms with Gasteiger partial charge < -0.3 is 15.0 Å². The van der Waals surface area contributed by atoms with Crippen LogP contribution < -0.4 is 5.32 Å². The number of hydrogen-bond acceptors (Lipinski definition) is 2. The molecular weight excluding hydrogens is 340 g/mol. The molecule has 0 unspecified atom stereocenters. The summed E-state index contributed by atoms with van der Waals surface area (Å²) < 4.78 is 3.22. The van der Waals surface area contributed by atoms with Gasteiger partial charge in [0, 0.05) is 28.1 Å². The number of aliphatic hydroxyl groups excluding tert-OH is 1. The molecule has 3 rings (SSSR count). The van der Waals surface area contributed by atoms with E-state index in [-0.39, 0.29) is 6.04 Å². The predicted molar refractivity (Wildman–Crippen MR) is 94.2 cm³/mol. The van der Waals surface area contributed by atoms with Crippen molar-refractivity contribution in [2.75, 3.05) is 13.6 Å². The molecule has 2 aromatic carbocycles. The summed E-state index contributed by atoms with van der Waals surface area (Å²) in [5.41, 5.74) is 2.21. The Balaban J connectivity index is 2.14. The van der Waals surface area contributed by atoms with E-state index in [2.05, 4.69) is 50.1 Å². The Labute approximate surface area is 138 Å². The van der Waals surface area contributed by atoms with Crippen LogP contribution in [0.3, 0.4) is 0 Å². The van der Waals surface area contributed by atoms with Gasteiger partial charge in [-0.1, -0.05) is 52.3 Å². The minimum atomic E-state index is -0.512. The zero-order valence-corrected chi connectivity index (χ0v) is 14.0. The van der Waals surface area contributed by atoms with E-state index in [4.69, 9.17) is 0 Å². The van der Waals surface area contributed by atoms with E-state index in [0.29, 0.717) is 6.54 Å². The lowest BCUT2D eigenvalue weighted by molar-refractivity contribution is 0.132. The molecule has 2 N–H and O–H groups in total. The van der Waals surface area contributed by atoms with Gasteiger partial charge in [-0.3, -0.25) is 0 Å². The van der Waals surface area contributed by atoms with E-state index in [1.54, 1.807) is 0 Å². The van der Waals surface area contributed by atoms with Crippen molar-refractivity contribution in [3.63, 3.8) is 0 Å². The maximum atomic E-state index is 10.7. The minimum Gasteiger partial charge on any atom is -0.389 e. The molecule has 0 radical (unpaired) electrons. The summed E-state index contributed by atoms with van der Waals surface area (Å²) in [5, 5.41) is 14.9. The molecule has 1 aromatic heterocycles. The molecule has 0 aliphatic rings. The molecule has 0 saturated heterocycles. The van der Waals surface area contributed by atoms with Gasteiger partial charge in [0.05, 0.1) is 12.1 Å². The van der Waals surface area contributed by atoms with Crippen molar-refractivity contribution in [2.24, 2.45) is 0 Å². The van der Waals surface area contributed by atoms with Crippen LogP contribution in [-0.2, 0) is 0 Å². The SMILES string of the molecule is CNC[C@@H](O)[C@H](c1ccccc1)n1ccc2c(Br)cccc21. The Morgan fingerprint density at radius 1 is 1.09 bits per heavy atom. The van der Waals surface area contributed by atoms with Crippen LogP contribution in [-0.4, -0.2) is 29.4 Å². The van der Waals surface area contributed by atoms with E-state index in [1.807, 2.05) is 43.6 Å². The standard InChI is InChI=1S/C18H19BrN2O/c1-20-12-17(22)18(13-6-3-2-4-7-13)21-11-10-14-15(19)8-5-9-16(14)21/h2-11,17-18,20,22H,12H2,1H3/t17-,18+/m1/s1. The highest BCUT2D eigenvalue weighted by Crippen LogP contribution is 2.31. The molecule has 0 amide bonds. The summed E-state index contributed by atoms with van der Waals surface area (Å²) in [4.78, 5) is 0.